The lowest BCUT2D eigenvalue weighted by Crippen LogP contribution is -2.33. The minimum Gasteiger partial charge on any atom is -0.497 e. The van der Waals surface area contributed by atoms with Crippen LogP contribution in [0.3, 0.4) is 0 Å². The van der Waals surface area contributed by atoms with Crippen molar-refractivity contribution in [1.82, 2.24) is 14.7 Å². The lowest BCUT2D eigenvalue weighted by molar-refractivity contribution is -0.128. The molecule has 1 aliphatic heterocycles. The number of amides is 2. The Hall–Kier alpha value is -5.62. The van der Waals surface area contributed by atoms with Crippen LogP contribution in [0.25, 0.3) is 16.9 Å². The van der Waals surface area contributed by atoms with E-state index in [1.165, 1.54) is 16.7 Å². The number of benzene rings is 3. The van der Waals surface area contributed by atoms with Gasteiger partial charge in [-0.2, -0.15) is 10.2 Å². The standard InChI is InChI=1S/C34H30N6O5S/c1-43-27-14-10-23(11-15-27)32-24(21-40(38-32)26-7-4-3-5-8-26)20-35-37-34-39(22-29-9-6-18-45-29)33(42)30(46-34)19-31(41)36-25-12-16-28(44-2)17-13-25/h3-18,20-21,30H,19,22H2,1-2H3,(H,36,41)/b35-20+,37-34-. The SMILES string of the molecule is COc1ccc(NC(=O)CC2S/C(=N\N=C\c3cn(-c4ccccc4)nc3-c3ccc(OC)cc3)N(Cc3ccco3)C2=O)cc1. The van der Waals surface area contributed by atoms with E-state index in [2.05, 4.69) is 15.5 Å². The van der Waals surface area contributed by atoms with E-state index in [9.17, 15) is 9.59 Å². The largest absolute Gasteiger partial charge is 0.497 e. The minimum absolute atomic E-state index is 0.0433. The molecule has 1 N–H and O–H groups in total. The molecule has 1 fully saturated rings. The third-order valence-electron chi connectivity index (χ3n) is 7.13. The molecule has 0 spiro atoms. The monoisotopic (exact) mass is 634 g/mol. The molecule has 3 aromatic carbocycles. The van der Waals surface area contributed by atoms with Gasteiger partial charge in [0.25, 0.3) is 0 Å². The maximum Gasteiger partial charge on any atom is 0.243 e. The van der Waals surface area contributed by atoms with Crippen LogP contribution in [0.5, 0.6) is 11.5 Å². The summed E-state index contributed by atoms with van der Waals surface area (Å²) in [6, 6.07) is 27.9. The number of thioether (sulfide) groups is 1. The number of hydrogen-bond donors (Lipinski definition) is 1. The molecule has 232 valence electrons. The number of amidine groups is 1. The Morgan fingerprint density at radius 3 is 2.37 bits per heavy atom. The topological polar surface area (TPSA) is 124 Å². The number of rotatable bonds is 11. The summed E-state index contributed by atoms with van der Waals surface area (Å²) in [4.78, 5) is 27.9. The molecule has 2 amide bonds. The number of hydrogen-bond acceptors (Lipinski definition) is 9. The van der Waals surface area contributed by atoms with Gasteiger partial charge in [-0.1, -0.05) is 30.0 Å². The number of nitrogens with zero attached hydrogens (tertiary/aromatic N) is 5. The summed E-state index contributed by atoms with van der Waals surface area (Å²) in [6.07, 6.45) is 4.98. The van der Waals surface area contributed by atoms with Gasteiger partial charge in [-0.3, -0.25) is 14.5 Å². The van der Waals surface area contributed by atoms with Crippen molar-refractivity contribution in [3.63, 3.8) is 0 Å². The molecule has 1 unspecified atom stereocenters. The van der Waals surface area contributed by atoms with Crippen LogP contribution in [0.4, 0.5) is 5.69 Å². The van der Waals surface area contributed by atoms with Crippen LogP contribution in [-0.2, 0) is 16.1 Å². The van der Waals surface area contributed by atoms with Gasteiger partial charge in [0.15, 0.2) is 5.17 Å². The van der Waals surface area contributed by atoms with Crippen molar-refractivity contribution < 1.29 is 23.5 Å². The first-order valence-corrected chi connectivity index (χ1v) is 15.2. The Kier molecular flexibility index (Phi) is 9.25. The molecule has 0 aliphatic carbocycles. The van der Waals surface area contributed by atoms with Crippen molar-refractivity contribution in [2.75, 3.05) is 19.5 Å². The van der Waals surface area contributed by atoms with Crippen molar-refractivity contribution in [2.45, 2.75) is 18.2 Å². The predicted octanol–water partition coefficient (Wildman–Crippen LogP) is 6.01. The Bertz CT molecular complexity index is 1850. The van der Waals surface area contributed by atoms with Crippen LogP contribution in [0, 0.1) is 0 Å². The highest BCUT2D eigenvalue weighted by Crippen LogP contribution is 2.32. The molecule has 1 saturated heterocycles. The molecule has 2 aromatic heterocycles. The van der Waals surface area contributed by atoms with Crippen LogP contribution in [0.1, 0.15) is 17.7 Å². The lowest BCUT2D eigenvalue weighted by atomic mass is 10.1. The fourth-order valence-corrected chi connectivity index (χ4v) is 5.88. The zero-order chi connectivity index (χ0) is 31.9. The number of para-hydroxylation sites is 1. The number of aromatic nitrogens is 2. The van der Waals surface area contributed by atoms with E-state index in [0.29, 0.717) is 28.1 Å². The predicted molar refractivity (Wildman–Crippen MR) is 177 cm³/mol. The zero-order valence-corrected chi connectivity index (χ0v) is 25.9. The second-order valence-corrected chi connectivity index (χ2v) is 11.3. The van der Waals surface area contributed by atoms with Gasteiger partial charge in [-0.05, 0) is 72.8 Å². The second kappa shape index (κ2) is 14.0. The molecule has 3 heterocycles. The molecule has 6 rings (SSSR count). The van der Waals surface area contributed by atoms with E-state index in [-0.39, 0.29) is 24.8 Å². The summed E-state index contributed by atoms with van der Waals surface area (Å²) in [6.45, 7) is 0.160. The highest BCUT2D eigenvalue weighted by Gasteiger charge is 2.39. The van der Waals surface area contributed by atoms with Crippen molar-refractivity contribution in [2.24, 2.45) is 10.2 Å². The summed E-state index contributed by atoms with van der Waals surface area (Å²) < 4.78 is 17.8. The van der Waals surface area contributed by atoms with Gasteiger partial charge in [0.05, 0.1) is 38.9 Å². The molecule has 12 heteroatoms. The van der Waals surface area contributed by atoms with Gasteiger partial charge in [0, 0.05) is 29.4 Å². The average Bonchev–Trinajstić information content (AvgIpc) is 3.83. The molecule has 11 nitrogen and oxygen atoms in total. The number of anilines is 1. The molecule has 46 heavy (non-hydrogen) atoms. The Labute approximate surface area is 269 Å². The molecule has 5 aromatic rings. The number of methoxy groups -OCH3 is 2. The second-order valence-electron chi connectivity index (χ2n) is 10.2. The molecule has 1 atom stereocenters. The molecular weight excluding hydrogens is 604 g/mol. The number of furan rings is 1. The van der Waals surface area contributed by atoms with E-state index >= 15 is 0 Å². The molecule has 0 saturated carbocycles. The molecular formula is C34H30N6O5S. The van der Waals surface area contributed by atoms with Crippen molar-refractivity contribution in [3.8, 4) is 28.4 Å². The summed E-state index contributed by atoms with van der Waals surface area (Å²) in [5, 5.41) is 16.2. The summed E-state index contributed by atoms with van der Waals surface area (Å²) >= 11 is 1.19. The summed E-state index contributed by atoms with van der Waals surface area (Å²) in [5.74, 6) is 1.45. The van der Waals surface area contributed by atoms with E-state index in [1.807, 2.05) is 60.8 Å². The van der Waals surface area contributed by atoms with Crippen LogP contribution < -0.4 is 14.8 Å². The maximum absolute atomic E-state index is 13.5. The van der Waals surface area contributed by atoms with Gasteiger partial charge in [0.1, 0.15) is 28.2 Å². The fourth-order valence-electron chi connectivity index (χ4n) is 4.78. The zero-order valence-electron chi connectivity index (χ0n) is 25.1. The van der Waals surface area contributed by atoms with Gasteiger partial charge in [-0.25, -0.2) is 4.68 Å². The van der Waals surface area contributed by atoms with Gasteiger partial charge >= 0.3 is 0 Å². The smallest absolute Gasteiger partial charge is 0.243 e. The van der Waals surface area contributed by atoms with Crippen LogP contribution >= 0.6 is 11.8 Å². The molecule has 1 aliphatic rings. The third kappa shape index (κ3) is 7.02. The van der Waals surface area contributed by atoms with E-state index in [1.54, 1.807) is 67.8 Å². The van der Waals surface area contributed by atoms with Crippen LogP contribution in [0.15, 0.2) is 118 Å². The summed E-state index contributed by atoms with van der Waals surface area (Å²) in [5.41, 5.74) is 3.79. The fraction of sp³-hybridized carbons (Fsp3) is 0.147. The number of carbonyl (C=O) groups is 2. The van der Waals surface area contributed by atoms with Crippen LogP contribution in [-0.4, -0.2) is 57.3 Å². The summed E-state index contributed by atoms with van der Waals surface area (Å²) in [7, 11) is 3.20. The molecule has 0 radical (unpaired) electrons. The maximum atomic E-state index is 13.5. The lowest BCUT2D eigenvalue weighted by Gasteiger charge is -2.14. The first-order valence-electron chi connectivity index (χ1n) is 14.4. The van der Waals surface area contributed by atoms with Crippen molar-refractivity contribution in [3.05, 3.63) is 115 Å². The number of nitrogens with one attached hydrogen (secondary N) is 1. The van der Waals surface area contributed by atoms with Crippen molar-refractivity contribution in [1.29, 1.82) is 0 Å². The third-order valence-corrected chi connectivity index (χ3v) is 8.29. The van der Waals surface area contributed by atoms with Gasteiger partial charge < -0.3 is 19.2 Å². The Morgan fingerprint density at radius 1 is 0.978 bits per heavy atom. The first kappa shape index (κ1) is 30.4. The quantitative estimate of drug-likeness (QED) is 0.139. The normalized spacial score (nSPS) is 15.5. The van der Waals surface area contributed by atoms with Crippen molar-refractivity contribution >= 4 is 40.6 Å². The van der Waals surface area contributed by atoms with Crippen LogP contribution in [0.2, 0.25) is 0 Å². The van der Waals surface area contributed by atoms with E-state index in [4.69, 9.17) is 19.0 Å². The minimum atomic E-state index is -0.683. The highest BCUT2D eigenvalue weighted by molar-refractivity contribution is 8.15. The first-order chi connectivity index (χ1) is 22.5. The van der Waals surface area contributed by atoms with E-state index < -0.39 is 5.25 Å². The average molecular weight is 635 g/mol. The van der Waals surface area contributed by atoms with Gasteiger partial charge in [-0.15, -0.1) is 5.10 Å². The Morgan fingerprint density at radius 2 is 1.70 bits per heavy atom. The number of ether oxygens (including phenoxy) is 2. The highest BCUT2D eigenvalue weighted by atomic mass is 32.2. The number of carbonyl (C=O) groups excluding carboxylic acids is 2. The van der Waals surface area contributed by atoms with E-state index in [0.717, 1.165) is 22.6 Å². The Balaban J connectivity index is 1.25. The molecule has 0 bridgehead atoms. The van der Waals surface area contributed by atoms with Gasteiger partial charge in [0.2, 0.25) is 11.8 Å².